The van der Waals surface area contributed by atoms with Gasteiger partial charge in [0, 0.05) is 15.5 Å². The number of nitrogens with one attached hydrogen (secondary N) is 1. The van der Waals surface area contributed by atoms with E-state index in [9.17, 15) is 0 Å². The second kappa shape index (κ2) is 5.45. The molecule has 0 aliphatic heterocycles. The molecule has 0 unspecified atom stereocenters. The number of halogens is 2. The van der Waals surface area contributed by atoms with Gasteiger partial charge in [-0.2, -0.15) is 15.6 Å². The van der Waals surface area contributed by atoms with Gasteiger partial charge in [-0.15, -0.1) is 16.4 Å². The van der Waals surface area contributed by atoms with Crippen LogP contribution >= 0.6 is 34.5 Å². The van der Waals surface area contributed by atoms with E-state index in [1.807, 2.05) is 19.1 Å². The summed E-state index contributed by atoms with van der Waals surface area (Å²) >= 11 is 13.6. The van der Waals surface area contributed by atoms with E-state index in [4.69, 9.17) is 28.5 Å². The number of aromatic amines is 1. The van der Waals surface area contributed by atoms with Gasteiger partial charge < -0.3 is 0 Å². The van der Waals surface area contributed by atoms with Crippen molar-refractivity contribution in [2.75, 3.05) is 0 Å². The second-order valence-corrected chi connectivity index (χ2v) is 6.23. The Labute approximate surface area is 134 Å². The average molecular weight is 336 g/mol. The van der Waals surface area contributed by atoms with Crippen molar-refractivity contribution in [3.63, 3.8) is 0 Å². The van der Waals surface area contributed by atoms with Gasteiger partial charge >= 0.3 is 0 Å². The number of aryl methyl sites for hydroxylation is 1. The molecule has 2 heterocycles. The molecule has 5 nitrogen and oxygen atoms in total. The summed E-state index contributed by atoms with van der Waals surface area (Å²) in [5.41, 5.74) is 2.09. The number of rotatable bonds is 2. The quantitative estimate of drug-likeness (QED) is 0.765. The first-order chi connectivity index (χ1) is 10.1. The largest absolute Gasteiger partial charge is 0.234 e. The molecule has 0 atom stereocenters. The number of hydrogen-bond acceptors (Lipinski definition) is 5. The maximum atomic E-state index is 9.03. The van der Waals surface area contributed by atoms with Crippen LogP contribution in [-0.2, 0) is 0 Å². The highest BCUT2D eigenvalue weighted by atomic mass is 35.5. The molecule has 104 valence electrons. The van der Waals surface area contributed by atoms with Crippen LogP contribution in [-0.4, -0.2) is 20.4 Å². The normalized spacial score (nSPS) is 10.6. The van der Waals surface area contributed by atoms with E-state index in [0.29, 0.717) is 21.4 Å². The molecule has 0 spiro atoms. The first-order valence-electron chi connectivity index (χ1n) is 5.84. The standard InChI is InChI=1S/C13H7Cl2N5S/c1-6-11(12-10(5-16)18-20-19-12)17-13(21-6)8-3-2-7(14)4-9(8)15/h2-4H,1H3,(H,18,19,20). The third-order valence-corrected chi connectivity index (χ3v) is 4.39. The zero-order valence-electron chi connectivity index (χ0n) is 10.7. The highest BCUT2D eigenvalue weighted by molar-refractivity contribution is 7.15. The maximum absolute atomic E-state index is 9.03. The van der Waals surface area contributed by atoms with E-state index < -0.39 is 0 Å². The van der Waals surface area contributed by atoms with Crippen LogP contribution in [0.3, 0.4) is 0 Å². The first kappa shape index (κ1) is 14.0. The van der Waals surface area contributed by atoms with E-state index in [0.717, 1.165) is 15.4 Å². The zero-order valence-corrected chi connectivity index (χ0v) is 13.0. The molecule has 0 fully saturated rings. The molecule has 21 heavy (non-hydrogen) atoms. The van der Waals surface area contributed by atoms with Crippen molar-refractivity contribution in [3.8, 4) is 28.0 Å². The minimum atomic E-state index is 0.220. The summed E-state index contributed by atoms with van der Waals surface area (Å²) in [7, 11) is 0. The van der Waals surface area contributed by atoms with Gasteiger partial charge in [-0.1, -0.05) is 23.2 Å². The summed E-state index contributed by atoms with van der Waals surface area (Å²) in [6.45, 7) is 1.91. The highest BCUT2D eigenvalue weighted by Gasteiger charge is 2.18. The molecule has 1 N–H and O–H groups in total. The van der Waals surface area contributed by atoms with Crippen LogP contribution in [0.4, 0.5) is 0 Å². The molecule has 0 radical (unpaired) electrons. The number of benzene rings is 1. The van der Waals surface area contributed by atoms with Crippen molar-refractivity contribution in [1.29, 1.82) is 5.26 Å². The summed E-state index contributed by atoms with van der Waals surface area (Å²) in [6.07, 6.45) is 0. The van der Waals surface area contributed by atoms with Crippen LogP contribution in [0.2, 0.25) is 10.0 Å². The minimum absolute atomic E-state index is 0.220. The van der Waals surface area contributed by atoms with E-state index in [2.05, 4.69) is 20.4 Å². The van der Waals surface area contributed by atoms with Crippen LogP contribution in [0.1, 0.15) is 10.6 Å². The third-order valence-electron chi connectivity index (χ3n) is 2.84. The Morgan fingerprint density at radius 2 is 2.05 bits per heavy atom. The molecule has 0 aliphatic carbocycles. The molecule has 8 heteroatoms. The van der Waals surface area contributed by atoms with E-state index in [-0.39, 0.29) is 5.69 Å². The summed E-state index contributed by atoms with van der Waals surface area (Å²) in [5.74, 6) is 0. The van der Waals surface area contributed by atoms with Gasteiger partial charge in [-0.05, 0) is 25.1 Å². The summed E-state index contributed by atoms with van der Waals surface area (Å²) < 4.78 is 0. The average Bonchev–Trinajstić information content (AvgIpc) is 3.04. The lowest BCUT2D eigenvalue weighted by molar-refractivity contribution is 0.936. The molecule has 0 amide bonds. The molecule has 3 rings (SSSR count). The summed E-state index contributed by atoms with van der Waals surface area (Å²) in [4.78, 5) is 5.47. The Morgan fingerprint density at radius 3 is 2.76 bits per heavy atom. The highest BCUT2D eigenvalue weighted by Crippen LogP contribution is 2.37. The van der Waals surface area contributed by atoms with Crippen LogP contribution < -0.4 is 0 Å². The lowest BCUT2D eigenvalue weighted by Gasteiger charge is -2.00. The fraction of sp³-hybridized carbons (Fsp3) is 0.0769. The van der Waals surface area contributed by atoms with Crippen LogP contribution in [0, 0.1) is 18.3 Å². The van der Waals surface area contributed by atoms with Crippen molar-refractivity contribution < 1.29 is 0 Å². The molecule has 0 aliphatic rings. The van der Waals surface area contributed by atoms with E-state index >= 15 is 0 Å². The topological polar surface area (TPSA) is 78.2 Å². The Kier molecular flexibility index (Phi) is 3.64. The SMILES string of the molecule is Cc1sc(-c2ccc(Cl)cc2Cl)nc1-c1n[nH]nc1C#N. The van der Waals surface area contributed by atoms with Gasteiger partial charge in [-0.25, -0.2) is 4.98 Å². The molecule has 3 aromatic rings. The Morgan fingerprint density at radius 1 is 1.24 bits per heavy atom. The fourth-order valence-electron chi connectivity index (χ4n) is 1.87. The molecule has 1 aromatic carbocycles. The molecule has 0 saturated heterocycles. The second-order valence-electron chi connectivity index (χ2n) is 4.18. The van der Waals surface area contributed by atoms with Gasteiger partial charge in [0.15, 0.2) is 11.4 Å². The Balaban J connectivity index is 2.12. The van der Waals surface area contributed by atoms with Crippen molar-refractivity contribution in [2.24, 2.45) is 0 Å². The van der Waals surface area contributed by atoms with Gasteiger partial charge in [0.05, 0.1) is 5.02 Å². The van der Waals surface area contributed by atoms with Crippen molar-refractivity contribution in [3.05, 3.63) is 38.8 Å². The van der Waals surface area contributed by atoms with Crippen LogP contribution in [0.5, 0.6) is 0 Å². The molecule has 0 saturated carbocycles. The molecular formula is C13H7Cl2N5S. The van der Waals surface area contributed by atoms with Crippen molar-refractivity contribution in [2.45, 2.75) is 6.92 Å². The number of thiazole rings is 1. The summed E-state index contributed by atoms with van der Waals surface area (Å²) in [6, 6.07) is 7.24. The Bertz CT molecular complexity index is 862. The van der Waals surface area contributed by atoms with Crippen molar-refractivity contribution in [1.82, 2.24) is 20.4 Å². The van der Waals surface area contributed by atoms with Gasteiger partial charge in [-0.3, -0.25) is 0 Å². The van der Waals surface area contributed by atoms with E-state index in [1.165, 1.54) is 11.3 Å². The van der Waals surface area contributed by atoms with Crippen LogP contribution in [0.25, 0.3) is 22.0 Å². The predicted octanol–water partition coefficient (Wildman–Crippen LogP) is 4.08. The fourth-order valence-corrected chi connectivity index (χ4v) is 3.38. The van der Waals surface area contributed by atoms with E-state index in [1.54, 1.807) is 12.1 Å². The number of H-pyrrole nitrogens is 1. The van der Waals surface area contributed by atoms with Gasteiger partial charge in [0.1, 0.15) is 16.8 Å². The summed E-state index contributed by atoms with van der Waals surface area (Å²) in [5, 5.41) is 21.1. The molecule has 0 bridgehead atoms. The number of nitriles is 1. The third kappa shape index (κ3) is 2.51. The number of hydrogen-bond donors (Lipinski definition) is 1. The number of aromatic nitrogens is 4. The Hall–Kier alpha value is -1.94. The van der Waals surface area contributed by atoms with Gasteiger partial charge in [0.2, 0.25) is 0 Å². The van der Waals surface area contributed by atoms with Crippen molar-refractivity contribution >= 4 is 34.5 Å². The van der Waals surface area contributed by atoms with Crippen LogP contribution in [0.15, 0.2) is 18.2 Å². The smallest absolute Gasteiger partial charge is 0.192 e. The zero-order chi connectivity index (χ0) is 15.0. The lowest BCUT2D eigenvalue weighted by atomic mass is 10.2. The minimum Gasteiger partial charge on any atom is -0.234 e. The predicted molar refractivity (Wildman–Crippen MR) is 82.4 cm³/mol. The van der Waals surface area contributed by atoms with Gasteiger partial charge in [0.25, 0.3) is 0 Å². The molecular weight excluding hydrogens is 329 g/mol. The molecule has 2 aromatic heterocycles. The first-order valence-corrected chi connectivity index (χ1v) is 7.41. The lowest BCUT2D eigenvalue weighted by Crippen LogP contribution is -1.86. The monoisotopic (exact) mass is 335 g/mol. The maximum Gasteiger partial charge on any atom is 0.192 e. The number of nitrogens with zero attached hydrogens (tertiary/aromatic N) is 4.